The van der Waals surface area contributed by atoms with E-state index in [9.17, 15) is 9.90 Å². The van der Waals surface area contributed by atoms with Crippen molar-refractivity contribution in [3.63, 3.8) is 0 Å². The van der Waals surface area contributed by atoms with Crippen molar-refractivity contribution in [1.29, 1.82) is 0 Å². The summed E-state index contributed by atoms with van der Waals surface area (Å²) in [7, 11) is 0. The fourth-order valence-electron chi connectivity index (χ4n) is 2.69. The predicted octanol–water partition coefficient (Wildman–Crippen LogP) is 2.89. The number of benzene rings is 1. The molecule has 3 aromatic rings. The Morgan fingerprint density at radius 3 is 2.68 bits per heavy atom. The zero-order valence-corrected chi connectivity index (χ0v) is 14.8. The summed E-state index contributed by atoms with van der Waals surface area (Å²) in [4.78, 5) is 19.5. The molecular weight excluding hydrogens is 342 g/mol. The second-order valence-electron chi connectivity index (χ2n) is 6.10. The van der Waals surface area contributed by atoms with Gasteiger partial charge >= 0.3 is 0 Å². The molecule has 0 bridgehead atoms. The average molecular weight is 362 g/mol. The molecule has 0 aliphatic rings. The van der Waals surface area contributed by atoms with Gasteiger partial charge in [-0.25, -0.2) is 4.68 Å². The van der Waals surface area contributed by atoms with Gasteiger partial charge in [0.1, 0.15) is 5.39 Å². The van der Waals surface area contributed by atoms with Gasteiger partial charge in [0, 0.05) is 17.7 Å². The lowest BCUT2D eigenvalue weighted by Crippen LogP contribution is -2.19. The van der Waals surface area contributed by atoms with Gasteiger partial charge in [-0.2, -0.15) is 10.1 Å². The average Bonchev–Trinajstić information content (AvgIpc) is 3.00. The van der Waals surface area contributed by atoms with Crippen molar-refractivity contribution >= 4 is 28.6 Å². The monoisotopic (exact) mass is 361 g/mol. The number of aliphatic hydroxyl groups excluding tert-OH is 1. The number of halogens is 1. The maximum atomic E-state index is 12.3. The van der Waals surface area contributed by atoms with Crippen LogP contribution in [0.4, 0.5) is 5.95 Å². The van der Waals surface area contributed by atoms with Gasteiger partial charge in [-0.3, -0.25) is 9.78 Å². The van der Waals surface area contributed by atoms with Crippen LogP contribution < -0.4 is 10.9 Å². The topological polar surface area (TPSA) is 95.8 Å². The van der Waals surface area contributed by atoms with Crippen LogP contribution in [0.25, 0.3) is 11.0 Å². The summed E-state index contributed by atoms with van der Waals surface area (Å²) in [5, 5.41) is 17.9. The van der Waals surface area contributed by atoms with Crippen LogP contribution in [0.15, 0.2) is 35.3 Å². The highest BCUT2D eigenvalue weighted by molar-refractivity contribution is 6.30. The number of anilines is 1. The molecule has 0 aliphatic heterocycles. The van der Waals surface area contributed by atoms with E-state index in [-0.39, 0.29) is 24.2 Å². The fraction of sp³-hybridized carbons (Fsp3) is 0.353. The van der Waals surface area contributed by atoms with Crippen LogP contribution in [0.1, 0.15) is 37.9 Å². The Morgan fingerprint density at radius 2 is 2.04 bits per heavy atom. The summed E-state index contributed by atoms with van der Waals surface area (Å²) in [6.45, 7) is 3.95. The summed E-state index contributed by atoms with van der Waals surface area (Å²) in [5.74, 6) is 0.341. The number of nitrogens with zero attached hydrogens (tertiary/aromatic N) is 3. The Kier molecular flexibility index (Phi) is 5.06. The van der Waals surface area contributed by atoms with Gasteiger partial charge in [-0.15, -0.1) is 0 Å². The second kappa shape index (κ2) is 7.25. The van der Waals surface area contributed by atoms with Gasteiger partial charge in [0.05, 0.1) is 12.2 Å². The maximum Gasteiger partial charge on any atom is 0.263 e. The molecule has 1 aromatic carbocycles. The van der Waals surface area contributed by atoms with Crippen LogP contribution in [-0.4, -0.2) is 31.5 Å². The van der Waals surface area contributed by atoms with Crippen molar-refractivity contribution in [2.24, 2.45) is 0 Å². The molecule has 0 saturated heterocycles. The molecule has 132 valence electrons. The Labute approximate surface area is 149 Å². The highest BCUT2D eigenvalue weighted by Crippen LogP contribution is 2.23. The first-order valence-corrected chi connectivity index (χ1v) is 8.47. The standard InChI is InChI=1S/C17H20ClN5O2/c1-10(2)23-15-13(9-19-23)16(25)22-17(21-15)20-14(7-8-24)11-3-5-12(18)6-4-11/h3-6,9-10,14,24H,7-8H2,1-2H3,(H2,20,21,22,25). The Hall–Kier alpha value is -2.38. The molecule has 3 rings (SSSR count). The number of rotatable bonds is 6. The van der Waals surface area contributed by atoms with Crippen LogP contribution in [0.2, 0.25) is 5.02 Å². The van der Waals surface area contributed by atoms with E-state index in [1.54, 1.807) is 16.8 Å². The van der Waals surface area contributed by atoms with E-state index in [1.165, 1.54) is 6.20 Å². The van der Waals surface area contributed by atoms with E-state index < -0.39 is 0 Å². The van der Waals surface area contributed by atoms with Crippen molar-refractivity contribution in [3.8, 4) is 0 Å². The molecule has 0 fully saturated rings. The smallest absolute Gasteiger partial charge is 0.263 e. The fourth-order valence-corrected chi connectivity index (χ4v) is 2.82. The molecule has 7 nitrogen and oxygen atoms in total. The minimum Gasteiger partial charge on any atom is -0.396 e. The zero-order valence-electron chi connectivity index (χ0n) is 14.0. The quantitative estimate of drug-likeness (QED) is 0.627. The van der Waals surface area contributed by atoms with Crippen molar-refractivity contribution in [1.82, 2.24) is 19.7 Å². The maximum absolute atomic E-state index is 12.3. The van der Waals surface area contributed by atoms with E-state index in [0.717, 1.165) is 5.56 Å². The summed E-state index contributed by atoms with van der Waals surface area (Å²) in [6, 6.07) is 7.21. The first-order valence-electron chi connectivity index (χ1n) is 8.10. The Balaban J connectivity index is 1.98. The minimum atomic E-state index is -0.252. The molecule has 0 spiro atoms. The van der Waals surface area contributed by atoms with Crippen LogP contribution >= 0.6 is 11.6 Å². The number of nitrogens with one attached hydrogen (secondary N) is 2. The molecule has 3 N–H and O–H groups in total. The SMILES string of the molecule is CC(C)n1ncc2c(=O)[nH]c(NC(CCO)c3ccc(Cl)cc3)nc21. The number of hydrogen-bond acceptors (Lipinski definition) is 5. The molecule has 1 atom stereocenters. The highest BCUT2D eigenvalue weighted by Gasteiger charge is 2.16. The summed E-state index contributed by atoms with van der Waals surface area (Å²) in [6.07, 6.45) is 1.99. The predicted molar refractivity (Wildman–Crippen MR) is 98.1 cm³/mol. The minimum absolute atomic E-state index is 0.00328. The molecule has 1 unspecified atom stereocenters. The third-order valence-corrected chi connectivity index (χ3v) is 4.21. The Bertz CT molecular complexity index is 917. The lowest BCUT2D eigenvalue weighted by molar-refractivity contribution is 0.280. The van der Waals surface area contributed by atoms with Gasteiger partial charge in [0.25, 0.3) is 5.56 Å². The van der Waals surface area contributed by atoms with Gasteiger partial charge < -0.3 is 10.4 Å². The second-order valence-corrected chi connectivity index (χ2v) is 6.53. The molecule has 0 aliphatic carbocycles. The number of H-pyrrole nitrogens is 1. The first kappa shape index (κ1) is 17.4. The van der Waals surface area contributed by atoms with E-state index in [4.69, 9.17) is 11.6 Å². The molecule has 0 saturated carbocycles. The van der Waals surface area contributed by atoms with Gasteiger partial charge in [0.15, 0.2) is 5.65 Å². The van der Waals surface area contributed by atoms with Gasteiger partial charge in [-0.05, 0) is 38.0 Å². The summed E-state index contributed by atoms with van der Waals surface area (Å²) >= 11 is 5.93. The number of aromatic amines is 1. The number of fused-ring (bicyclic) bond motifs is 1. The van der Waals surface area contributed by atoms with Crippen LogP contribution in [0.5, 0.6) is 0 Å². The van der Waals surface area contributed by atoms with Crippen molar-refractivity contribution in [2.45, 2.75) is 32.4 Å². The molecule has 2 aromatic heterocycles. The normalized spacial score (nSPS) is 12.7. The molecule has 0 radical (unpaired) electrons. The summed E-state index contributed by atoms with van der Waals surface area (Å²) in [5.41, 5.74) is 1.22. The molecule has 2 heterocycles. The van der Waals surface area contributed by atoms with Crippen LogP contribution in [-0.2, 0) is 0 Å². The van der Waals surface area contributed by atoms with Crippen LogP contribution in [0.3, 0.4) is 0 Å². The number of hydrogen-bond donors (Lipinski definition) is 3. The van der Waals surface area contributed by atoms with Gasteiger partial charge in [-0.1, -0.05) is 23.7 Å². The molecule has 0 amide bonds. The van der Waals surface area contributed by atoms with E-state index in [1.807, 2.05) is 26.0 Å². The van der Waals surface area contributed by atoms with Crippen molar-refractivity contribution in [2.75, 3.05) is 11.9 Å². The van der Waals surface area contributed by atoms with Crippen molar-refractivity contribution < 1.29 is 5.11 Å². The number of aliphatic hydroxyl groups is 1. The van der Waals surface area contributed by atoms with E-state index in [2.05, 4.69) is 20.4 Å². The zero-order chi connectivity index (χ0) is 18.0. The van der Waals surface area contributed by atoms with E-state index in [0.29, 0.717) is 28.4 Å². The van der Waals surface area contributed by atoms with Crippen LogP contribution in [0, 0.1) is 0 Å². The largest absolute Gasteiger partial charge is 0.396 e. The molecular formula is C17H20ClN5O2. The summed E-state index contributed by atoms with van der Waals surface area (Å²) < 4.78 is 1.71. The van der Waals surface area contributed by atoms with Gasteiger partial charge in [0.2, 0.25) is 5.95 Å². The van der Waals surface area contributed by atoms with E-state index >= 15 is 0 Å². The highest BCUT2D eigenvalue weighted by atomic mass is 35.5. The Morgan fingerprint density at radius 1 is 1.32 bits per heavy atom. The number of aromatic nitrogens is 4. The third kappa shape index (κ3) is 3.67. The lowest BCUT2D eigenvalue weighted by Gasteiger charge is -2.19. The molecule has 25 heavy (non-hydrogen) atoms. The van der Waals surface area contributed by atoms with Crippen molar-refractivity contribution in [3.05, 3.63) is 51.4 Å². The molecule has 8 heteroatoms. The third-order valence-electron chi connectivity index (χ3n) is 3.95. The first-order chi connectivity index (χ1) is 12.0. The lowest BCUT2D eigenvalue weighted by atomic mass is 10.0.